The van der Waals surface area contributed by atoms with Gasteiger partial charge in [-0.25, -0.2) is 0 Å². The molecule has 4 nitrogen and oxygen atoms in total. The van der Waals surface area contributed by atoms with Gasteiger partial charge < -0.3 is 10.1 Å². The predicted molar refractivity (Wildman–Crippen MR) is 114 cm³/mol. The summed E-state index contributed by atoms with van der Waals surface area (Å²) >= 11 is 0. The second-order valence-electron chi connectivity index (χ2n) is 11.0. The van der Waals surface area contributed by atoms with Gasteiger partial charge in [0.2, 0.25) is 0 Å². The van der Waals surface area contributed by atoms with Crippen molar-refractivity contribution in [2.75, 3.05) is 28.3 Å². The number of piperidine rings is 2. The van der Waals surface area contributed by atoms with Crippen LogP contribution in [0, 0.1) is 0 Å². The third-order valence-electron chi connectivity index (χ3n) is 7.32. The lowest BCUT2D eigenvalue weighted by Crippen LogP contribution is -2.61. The Labute approximate surface area is 164 Å². The molecule has 0 aromatic rings. The maximum atomic E-state index is 5.48. The van der Waals surface area contributed by atoms with E-state index in [1.807, 2.05) is 7.11 Å². The van der Waals surface area contributed by atoms with Gasteiger partial charge in [-0.3, -0.25) is 9.80 Å². The highest BCUT2D eigenvalue weighted by Gasteiger charge is 2.43. The lowest BCUT2D eigenvalue weighted by Gasteiger charge is -2.53. The number of nitrogens with one attached hydrogen (secondary N) is 1. The Bertz CT molecular complexity index is 378. The largest absolute Gasteiger partial charge is 0.381 e. The molecule has 0 bridgehead atoms. The Kier molecular flexibility index (Phi) is 7.41. The minimum atomic E-state index is 0.252. The first-order chi connectivity index (χ1) is 11.6. The fourth-order valence-electron chi connectivity index (χ4n) is 5.02. The molecular formula is C22H47N3O. The summed E-state index contributed by atoms with van der Waals surface area (Å²) in [6, 6.07) is 0.668. The molecule has 0 aliphatic carbocycles. The zero-order chi connectivity index (χ0) is 20.6. The maximum Gasteiger partial charge on any atom is 0.0606 e. The number of likely N-dealkylation sites (tertiary alicyclic amines) is 2. The molecule has 0 atom stereocenters. The normalized spacial score (nSPS) is 29.1. The van der Waals surface area contributed by atoms with Gasteiger partial charge >= 0.3 is 0 Å². The topological polar surface area (TPSA) is 27.7 Å². The molecule has 1 N–H and O–H groups in total. The van der Waals surface area contributed by atoms with Crippen molar-refractivity contribution in [1.82, 2.24) is 15.1 Å². The van der Waals surface area contributed by atoms with Gasteiger partial charge in [-0.2, -0.15) is 0 Å². The van der Waals surface area contributed by atoms with Crippen LogP contribution in [0.1, 0.15) is 81.1 Å². The van der Waals surface area contributed by atoms with E-state index in [1.54, 1.807) is 0 Å². The van der Waals surface area contributed by atoms with Gasteiger partial charge in [-0.05, 0) is 102 Å². The van der Waals surface area contributed by atoms with Gasteiger partial charge in [0.05, 0.1) is 6.10 Å². The number of hydrogen-bond donors (Lipinski definition) is 1. The number of nitrogens with zero attached hydrogens (tertiary/aromatic N) is 2. The standard InChI is InChI=1S/C11H24N2.C11H23NO/c1-10(2)7-9(12-5)8-11(3,4)13(10)6;1-10(2)7-9(13-6)8-11(3,4)12(10)5/h9,12H,7-8H2,1-6H3;9H,7-8H2,1-6H3. The maximum absolute atomic E-state index is 5.48. The Hall–Kier alpha value is -0.160. The zero-order valence-electron chi connectivity index (χ0n) is 19.8. The molecule has 0 aromatic heterocycles. The van der Waals surface area contributed by atoms with Crippen LogP contribution < -0.4 is 5.32 Å². The molecular weight excluding hydrogens is 322 g/mol. The fraction of sp³-hybridized carbons (Fsp3) is 1.00. The summed E-state index contributed by atoms with van der Waals surface area (Å²) in [5, 5.41) is 3.41. The Balaban J connectivity index is 0.000000260. The van der Waals surface area contributed by atoms with E-state index in [2.05, 4.69) is 91.6 Å². The van der Waals surface area contributed by atoms with Gasteiger partial charge in [0, 0.05) is 35.3 Å². The SMILES string of the molecule is CNC1CC(C)(C)N(C)C(C)(C)C1.COC1CC(C)(C)N(C)C(C)(C)C1. The van der Waals surface area contributed by atoms with Crippen LogP contribution in [0.25, 0.3) is 0 Å². The molecule has 4 heteroatoms. The van der Waals surface area contributed by atoms with E-state index in [0.29, 0.717) is 23.2 Å². The van der Waals surface area contributed by atoms with Gasteiger partial charge in [0.1, 0.15) is 0 Å². The zero-order valence-corrected chi connectivity index (χ0v) is 19.8. The van der Waals surface area contributed by atoms with Crippen molar-refractivity contribution in [1.29, 1.82) is 0 Å². The molecule has 0 saturated carbocycles. The molecule has 0 radical (unpaired) electrons. The number of hydrogen-bond acceptors (Lipinski definition) is 4. The average Bonchev–Trinajstić information content (AvgIpc) is 2.49. The first-order valence-corrected chi connectivity index (χ1v) is 10.3. The second-order valence-corrected chi connectivity index (χ2v) is 11.0. The summed E-state index contributed by atoms with van der Waals surface area (Å²) in [5.41, 5.74) is 1.13. The molecule has 2 aliphatic rings. The molecule has 2 saturated heterocycles. The van der Waals surface area contributed by atoms with E-state index in [-0.39, 0.29) is 11.1 Å². The Morgan fingerprint density at radius 3 is 1.27 bits per heavy atom. The van der Waals surface area contributed by atoms with Crippen LogP contribution in [0.4, 0.5) is 0 Å². The van der Waals surface area contributed by atoms with Crippen molar-refractivity contribution >= 4 is 0 Å². The van der Waals surface area contributed by atoms with Gasteiger partial charge in [0.15, 0.2) is 0 Å². The summed E-state index contributed by atoms with van der Waals surface area (Å²) in [6.07, 6.45) is 5.15. The van der Waals surface area contributed by atoms with Crippen LogP contribution in [0.15, 0.2) is 0 Å². The molecule has 2 rings (SSSR count). The summed E-state index contributed by atoms with van der Waals surface area (Å²) in [4.78, 5) is 4.98. The minimum absolute atomic E-state index is 0.252. The van der Waals surface area contributed by atoms with Crippen molar-refractivity contribution in [2.24, 2.45) is 0 Å². The molecule has 0 aromatic carbocycles. The van der Waals surface area contributed by atoms with Crippen LogP contribution >= 0.6 is 0 Å². The Morgan fingerprint density at radius 1 is 0.692 bits per heavy atom. The Morgan fingerprint density at radius 2 is 1.00 bits per heavy atom. The van der Waals surface area contributed by atoms with E-state index < -0.39 is 0 Å². The summed E-state index contributed by atoms with van der Waals surface area (Å²) in [6.45, 7) is 18.5. The third-order valence-corrected chi connectivity index (χ3v) is 7.32. The van der Waals surface area contributed by atoms with Crippen molar-refractivity contribution in [2.45, 2.75) is 115 Å². The highest BCUT2D eigenvalue weighted by atomic mass is 16.5. The average molecular weight is 370 g/mol. The number of rotatable bonds is 2. The van der Waals surface area contributed by atoms with Crippen molar-refractivity contribution in [3.8, 4) is 0 Å². The summed E-state index contributed by atoms with van der Waals surface area (Å²) in [5.74, 6) is 0. The minimum Gasteiger partial charge on any atom is -0.381 e. The van der Waals surface area contributed by atoms with Crippen LogP contribution in [0.5, 0.6) is 0 Å². The lowest BCUT2D eigenvalue weighted by molar-refractivity contribution is -0.0783. The first kappa shape index (κ1) is 23.9. The molecule has 2 aliphatic heterocycles. The molecule has 0 unspecified atom stereocenters. The van der Waals surface area contributed by atoms with Crippen LogP contribution in [-0.2, 0) is 4.74 Å². The quantitative estimate of drug-likeness (QED) is 0.792. The smallest absolute Gasteiger partial charge is 0.0606 e. The highest BCUT2D eigenvalue weighted by Crippen LogP contribution is 2.38. The van der Waals surface area contributed by atoms with Crippen molar-refractivity contribution < 1.29 is 4.74 Å². The summed E-state index contributed by atoms with van der Waals surface area (Å²) in [7, 11) is 8.35. The third kappa shape index (κ3) is 5.43. The fourth-order valence-corrected chi connectivity index (χ4v) is 5.02. The van der Waals surface area contributed by atoms with Gasteiger partial charge in [-0.1, -0.05) is 0 Å². The molecule has 2 fully saturated rings. The van der Waals surface area contributed by atoms with Crippen molar-refractivity contribution in [3.05, 3.63) is 0 Å². The van der Waals surface area contributed by atoms with Gasteiger partial charge in [0.25, 0.3) is 0 Å². The van der Waals surface area contributed by atoms with Gasteiger partial charge in [-0.15, -0.1) is 0 Å². The van der Waals surface area contributed by atoms with Crippen molar-refractivity contribution in [3.63, 3.8) is 0 Å². The van der Waals surface area contributed by atoms with E-state index in [0.717, 1.165) is 12.8 Å². The monoisotopic (exact) mass is 369 g/mol. The molecule has 0 amide bonds. The predicted octanol–water partition coefficient (Wildman–Crippen LogP) is 4.14. The molecule has 0 spiro atoms. The number of methoxy groups -OCH3 is 1. The highest BCUT2D eigenvalue weighted by molar-refractivity contribution is 5.00. The van der Waals surface area contributed by atoms with Crippen LogP contribution in [0.2, 0.25) is 0 Å². The van der Waals surface area contributed by atoms with E-state index in [9.17, 15) is 0 Å². The lowest BCUT2D eigenvalue weighted by atomic mass is 9.77. The first-order valence-electron chi connectivity index (χ1n) is 10.3. The van der Waals surface area contributed by atoms with E-state index in [1.165, 1.54) is 12.8 Å². The van der Waals surface area contributed by atoms with Crippen LogP contribution in [-0.4, -0.2) is 72.4 Å². The van der Waals surface area contributed by atoms with Crippen LogP contribution in [0.3, 0.4) is 0 Å². The molecule has 2 heterocycles. The molecule has 156 valence electrons. The summed E-state index contributed by atoms with van der Waals surface area (Å²) < 4.78 is 5.48. The number of ether oxygens (including phenoxy) is 1. The van der Waals surface area contributed by atoms with E-state index >= 15 is 0 Å². The molecule has 26 heavy (non-hydrogen) atoms. The second kappa shape index (κ2) is 8.06. The van der Waals surface area contributed by atoms with E-state index in [4.69, 9.17) is 4.74 Å².